The van der Waals surface area contributed by atoms with Gasteiger partial charge in [-0.2, -0.15) is 0 Å². The van der Waals surface area contributed by atoms with E-state index >= 15 is 0 Å². The van der Waals surface area contributed by atoms with Crippen molar-refractivity contribution in [3.8, 4) is 5.75 Å². The number of nitrogens with one attached hydrogen (secondary N) is 1. The van der Waals surface area contributed by atoms with Crippen molar-refractivity contribution in [3.05, 3.63) is 70.3 Å². The highest BCUT2D eigenvalue weighted by Gasteiger charge is 2.47. The molecule has 0 saturated heterocycles. The fourth-order valence-corrected chi connectivity index (χ4v) is 7.72. The maximum Gasteiger partial charge on any atom is 0.264 e. The van der Waals surface area contributed by atoms with Crippen LogP contribution in [0.5, 0.6) is 5.75 Å². The second-order valence-electron chi connectivity index (χ2n) is 12.2. The van der Waals surface area contributed by atoms with E-state index in [0.29, 0.717) is 36.9 Å². The summed E-state index contributed by atoms with van der Waals surface area (Å²) in [5.74, 6) is -0.340. The second kappa shape index (κ2) is 11.8. The number of anilines is 1. The van der Waals surface area contributed by atoms with E-state index in [-0.39, 0.29) is 28.6 Å². The quantitative estimate of drug-likeness (QED) is 0.394. The molecular formula is C32H39ClN2O5S. The van der Waals surface area contributed by atoms with Crippen LogP contribution in [-0.4, -0.2) is 38.4 Å². The molecule has 1 N–H and O–H groups in total. The number of amides is 1. The number of sulfonamides is 1. The molecule has 220 valence electrons. The number of ketones is 1. The first-order valence-corrected chi connectivity index (χ1v) is 16.4. The summed E-state index contributed by atoms with van der Waals surface area (Å²) in [6.45, 7) is 7.26. The number of halogens is 1. The van der Waals surface area contributed by atoms with Crippen LogP contribution < -0.4 is 14.4 Å². The molecule has 0 radical (unpaired) electrons. The van der Waals surface area contributed by atoms with Crippen molar-refractivity contribution in [2.45, 2.75) is 71.2 Å². The van der Waals surface area contributed by atoms with Gasteiger partial charge in [0.15, 0.2) is 5.78 Å². The molecule has 2 aromatic carbocycles. The standard InChI is InChI=1S/C32H39ClN2O5S/c1-21-7-6-9-29(36)27-14-15-32(27,3)20-35-16-5-4-8-23-17-26(33)12-10-25(23)19-40-30-13-11-24(18-28(30)35)31(37)34-41(38,39)22(21)2/h6,9-13,17-18,21-22,27H,4-5,7-8,14-16,19-20H2,1-3H3,(H,34,37)/b9-6+/t21-,22+,27-,32?/m0/s1. The Morgan fingerprint density at radius 3 is 2.63 bits per heavy atom. The first-order valence-electron chi connectivity index (χ1n) is 14.5. The summed E-state index contributed by atoms with van der Waals surface area (Å²) in [5, 5.41) is -0.122. The molecule has 0 spiro atoms. The first kappa shape index (κ1) is 29.6. The summed E-state index contributed by atoms with van der Waals surface area (Å²) in [6, 6.07) is 11.0. The van der Waals surface area contributed by atoms with Gasteiger partial charge in [-0.15, -0.1) is 0 Å². The van der Waals surface area contributed by atoms with E-state index in [4.69, 9.17) is 16.3 Å². The lowest BCUT2D eigenvalue weighted by atomic mass is 9.59. The van der Waals surface area contributed by atoms with Crippen molar-refractivity contribution in [3.63, 3.8) is 0 Å². The number of carbonyl (C=O) groups excluding carboxylic acids is 2. The lowest BCUT2D eigenvalue weighted by molar-refractivity contribution is -0.127. The summed E-state index contributed by atoms with van der Waals surface area (Å²) < 4.78 is 34.9. The van der Waals surface area contributed by atoms with Gasteiger partial charge in [-0.25, -0.2) is 13.1 Å². The fraction of sp³-hybridized carbons (Fsp3) is 0.500. The molecule has 1 aliphatic carbocycles. The minimum atomic E-state index is -3.94. The van der Waals surface area contributed by atoms with E-state index in [1.54, 1.807) is 37.3 Å². The Kier molecular flexibility index (Phi) is 8.53. The molecule has 3 aliphatic rings. The van der Waals surface area contributed by atoms with E-state index in [0.717, 1.165) is 48.9 Å². The number of aryl methyl sites for hydroxylation is 1. The second-order valence-corrected chi connectivity index (χ2v) is 14.7. The normalized spacial score (nSPS) is 29.5. The summed E-state index contributed by atoms with van der Waals surface area (Å²) >= 11 is 6.30. The SMILES string of the molecule is C[C@@H]1[C@@H](C)C/C=C/C(=O)[C@@H]2CCC2(C)CN2CCCCc3cc(Cl)ccc3COc3ccc(cc32)C(=O)NS1(=O)=O. The topological polar surface area (TPSA) is 92.8 Å². The summed E-state index contributed by atoms with van der Waals surface area (Å²) in [5.41, 5.74) is 2.97. The Morgan fingerprint density at radius 2 is 1.88 bits per heavy atom. The van der Waals surface area contributed by atoms with Gasteiger partial charge < -0.3 is 9.64 Å². The third-order valence-electron chi connectivity index (χ3n) is 9.29. The molecule has 0 aromatic heterocycles. The Balaban J connectivity index is 1.57. The van der Waals surface area contributed by atoms with Crippen LogP contribution in [0.2, 0.25) is 5.02 Å². The van der Waals surface area contributed by atoms with Gasteiger partial charge in [0.1, 0.15) is 12.4 Å². The van der Waals surface area contributed by atoms with Crippen molar-refractivity contribution in [2.75, 3.05) is 18.0 Å². The van der Waals surface area contributed by atoms with Crippen LogP contribution >= 0.6 is 11.6 Å². The van der Waals surface area contributed by atoms with Crippen molar-refractivity contribution in [1.82, 2.24) is 4.72 Å². The number of carbonyl (C=O) groups is 2. The van der Waals surface area contributed by atoms with Crippen LogP contribution in [0.1, 0.15) is 74.4 Å². The van der Waals surface area contributed by atoms with Crippen molar-refractivity contribution >= 4 is 39.0 Å². The monoisotopic (exact) mass is 598 g/mol. The van der Waals surface area contributed by atoms with Gasteiger partial charge in [-0.3, -0.25) is 9.59 Å². The van der Waals surface area contributed by atoms with Gasteiger partial charge in [0.05, 0.1) is 10.9 Å². The minimum Gasteiger partial charge on any atom is -0.487 e. The highest BCUT2D eigenvalue weighted by atomic mass is 35.5. The number of ether oxygens (including phenoxy) is 1. The average Bonchev–Trinajstić information content (AvgIpc) is 2.94. The number of rotatable bonds is 0. The molecule has 2 aromatic rings. The van der Waals surface area contributed by atoms with Crippen LogP contribution in [0.25, 0.3) is 0 Å². The molecule has 2 heterocycles. The summed E-state index contributed by atoms with van der Waals surface area (Å²) in [4.78, 5) is 28.8. The first-order chi connectivity index (χ1) is 19.5. The number of hydrogen-bond acceptors (Lipinski definition) is 6. The molecule has 9 heteroatoms. The molecule has 1 unspecified atom stereocenters. The van der Waals surface area contributed by atoms with Gasteiger partial charge in [0, 0.05) is 29.6 Å². The zero-order valence-electron chi connectivity index (χ0n) is 24.0. The minimum absolute atomic E-state index is 0.0947. The molecular weight excluding hydrogens is 560 g/mol. The molecule has 1 amide bonds. The smallest absolute Gasteiger partial charge is 0.264 e. The largest absolute Gasteiger partial charge is 0.487 e. The lowest BCUT2D eigenvalue weighted by Gasteiger charge is -2.49. The number of nitrogens with zero attached hydrogens (tertiary/aromatic N) is 1. The van der Waals surface area contributed by atoms with Crippen LogP contribution in [0.4, 0.5) is 5.69 Å². The average molecular weight is 599 g/mol. The maximum absolute atomic E-state index is 13.3. The van der Waals surface area contributed by atoms with Crippen molar-refractivity contribution < 1.29 is 22.7 Å². The summed E-state index contributed by atoms with van der Waals surface area (Å²) in [6.07, 6.45) is 8.31. The number of allylic oxidation sites excluding steroid dienone is 2. The van der Waals surface area contributed by atoms with E-state index in [1.165, 1.54) is 0 Å². The Morgan fingerprint density at radius 1 is 1.07 bits per heavy atom. The molecule has 4 atom stereocenters. The number of benzene rings is 2. The van der Waals surface area contributed by atoms with Crippen LogP contribution in [-0.2, 0) is 27.8 Å². The van der Waals surface area contributed by atoms with Gasteiger partial charge in [0.2, 0.25) is 10.0 Å². The van der Waals surface area contributed by atoms with Crippen molar-refractivity contribution in [1.29, 1.82) is 0 Å². The molecule has 41 heavy (non-hydrogen) atoms. The van der Waals surface area contributed by atoms with Crippen LogP contribution in [0.15, 0.2) is 48.6 Å². The Labute approximate surface area is 248 Å². The molecule has 2 bridgehead atoms. The van der Waals surface area contributed by atoms with Crippen LogP contribution in [0.3, 0.4) is 0 Å². The Hall–Kier alpha value is -2.84. The lowest BCUT2D eigenvalue weighted by Crippen LogP contribution is -2.50. The molecule has 7 nitrogen and oxygen atoms in total. The van der Waals surface area contributed by atoms with Gasteiger partial charge in [-0.1, -0.05) is 37.6 Å². The Bertz CT molecular complexity index is 1470. The molecule has 1 fully saturated rings. The third kappa shape index (κ3) is 6.33. The van der Waals surface area contributed by atoms with Gasteiger partial charge >= 0.3 is 0 Å². The molecule has 5 rings (SSSR count). The zero-order valence-corrected chi connectivity index (χ0v) is 25.6. The zero-order chi connectivity index (χ0) is 29.4. The highest BCUT2D eigenvalue weighted by Crippen LogP contribution is 2.49. The number of hydrogen-bond donors (Lipinski definition) is 1. The van der Waals surface area contributed by atoms with Gasteiger partial charge in [0.25, 0.3) is 5.91 Å². The van der Waals surface area contributed by atoms with E-state index in [1.807, 2.05) is 25.1 Å². The van der Waals surface area contributed by atoms with Gasteiger partial charge in [-0.05, 0) is 104 Å². The third-order valence-corrected chi connectivity index (χ3v) is 11.4. The van der Waals surface area contributed by atoms with Crippen LogP contribution in [0, 0.1) is 17.3 Å². The summed E-state index contributed by atoms with van der Waals surface area (Å²) in [7, 11) is -3.94. The van der Waals surface area contributed by atoms with E-state index in [2.05, 4.69) is 16.5 Å². The van der Waals surface area contributed by atoms with E-state index in [9.17, 15) is 18.0 Å². The number of fused-ring (bicyclic) bond motifs is 3. The molecule has 1 saturated carbocycles. The predicted molar refractivity (Wildman–Crippen MR) is 162 cm³/mol. The van der Waals surface area contributed by atoms with E-state index < -0.39 is 21.2 Å². The fourth-order valence-electron chi connectivity index (χ4n) is 6.24. The predicted octanol–water partition coefficient (Wildman–Crippen LogP) is 6.09. The highest BCUT2D eigenvalue weighted by molar-refractivity contribution is 7.90. The molecule has 2 aliphatic heterocycles. The van der Waals surface area contributed by atoms with Crippen molar-refractivity contribution in [2.24, 2.45) is 17.3 Å². The maximum atomic E-state index is 13.3.